The molecule has 1 atom stereocenters. The molecule has 0 aliphatic heterocycles. The molecule has 0 aliphatic rings. The first-order valence-corrected chi connectivity index (χ1v) is 5.17. The molecule has 0 spiro atoms. The SMILES string of the molecule is Cc1ccc(C(C)C)c(C(N)CO)c1O. The van der Waals surface area contributed by atoms with E-state index in [1.807, 2.05) is 32.9 Å². The van der Waals surface area contributed by atoms with Gasteiger partial charge in [0.05, 0.1) is 12.6 Å². The van der Waals surface area contributed by atoms with E-state index in [1.54, 1.807) is 0 Å². The van der Waals surface area contributed by atoms with Crippen LogP contribution in [0.15, 0.2) is 12.1 Å². The number of aromatic hydroxyl groups is 1. The van der Waals surface area contributed by atoms with Crippen molar-refractivity contribution in [2.75, 3.05) is 6.61 Å². The Morgan fingerprint density at radius 1 is 1.33 bits per heavy atom. The van der Waals surface area contributed by atoms with E-state index in [0.29, 0.717) is 5.56 Å². The van der Waals surface area contributed by atoms with Crippen molar-refractivity contribution in [2.45, 2.75) is 32.7 Å². The topological polar surface area (TPSA) is 66.5 Å². The first-order chi connectivity index (χ1) is 6.99. The summed E-state index contributed by atoms with van der Waals surface area (Å²) in [7, 11) is 0. The molecule has 84 valence electrons. The lowest BCUT2D eigenvalue weighted by molar-refractivity contribution is 0.264. The Kier molecular flexibility index (Phi) is 3.72. The van der Waals surface area contributed by atoms with Crippen molar-refractivity contribution in [1.82, 2.24) is 0 Å². The predicted octanol–water partition coefficient (Wildman–Crippen LogP) is 1.82. The van der Waals surface area contributed by atoms with E-state index in [9.17, 15) is 5.11 Å². The van der Waals surface area contributed by atoms with Crippen molar-refractivity contribution in [3.63, 3.8) is 0 Å². The molecule has 3 heteroatoms. The molecule has 4 N–H and O–H groups in total. The average molecular weight is 209 g/mol. The molecule has 3 nitrogen and oxygen atoms in total. The van der Waals surface area contributed by atoms with Gasteiger partial charge in [-0.15, -0.1) is 0 Å². The van der Waals surface area contributed by atoms with Crippen LogP contribution in [0.5, 0.6) is 5.75 Å². The van der Waals surface area contributed by atoms with Gasteiger partial charge in [0.1, 0.15) is 5.75 Å². The molecule has 0 saturated carbocycles. The number of benzene rings is 1. The number of aliphatic hydroxyl groups excluding tert-OH is 1. The van der Waals surface area contributed by atoms with Crippen LogP contribution >= 0.6 is 0 Å². The van der Waals surface area contributed by atoms with Crippen LogP contribution in [0.25, 0.3) is 0 Å². The molecule has 1 unspecified atom stereocenters. The van der Waals surface area contributed by atoms with E-state index in [1.165, 1.54) is 0 Å². The summed E-state index contributed by atoms with van der Waals surface area (Å²) in [6.45, 7) is 5.75. The molecule has 1 aromatic carbocycles. The van der Waals surface area contributed by atoms with Crippen LogP contribution in [0.1, 0.15) is 42.5 Å². The van der Waals surface area contributed by atoms with Crippen molar-refractivity contribution >= 4 is 0 Å². The molecule has 15 heavy (non-hydrogen) atoms. The summed E-state index contributed by atoms with van der Waals surface area (Å²) in [5.41, 5.74) is 8.26. The first-order valence-electron chi connectivity index (χ1n) is 5.17. The van der Waals surface area contributed by atoms with E-state index >= 15 is 0 Å². The highest BCUT2D eigenvalue weighted by molar-refractivity contribution is 5.48. The van der Waals surface area contributed by atoms with E-state index < -0.39 is 6.04 Å². The third-order valence-electron chi connectivity index (χ3n) is 2.64. The second-order valence-corrected chi connectivity index (χ2v) is 4.18. The summed E-state index contributed by atoms with van der Waals surface area (Å²) in [6, 6.07) is 3.32. The molecule has 0 fully saturated rings. The van der Waals surface area contributed by atoms with Gasteiger partial charge in [0, 0.05) is 5.56 Å². The minimum Gasteiger partial charge on any atom is -0.507 e. The molecule has 1 aromatic rings. The van der Waals surface area contributed by atoms with Gasteiger partial charge in [-0.25, -0.2) is 0 Å². The molecule has 1 rings (SSSR count). The molecule has 0 radical (unpaired) electrons. The Morgan fingerprint density at radius 3 is 2.40 bits per heavy atom. The van der Waals surface area contributed by atoms with Crippen LogP contribution in [0.3, 0.4) is 0 Å². The molecule has 0 aromatic heterocycles. The highest BCUT2D eigenvalue weighted by Gasteiger charge is 2.18. The van der Waals surface area contributed by atoms with Crippen molar-refractivity contribution < 1.29 is 10.2 Å². The third-order valence-corrected chi connectivity index (χ3v) is 2.64. The average Bonchev–Trinajstić information content (AvgIpc) is 2.20. The van der Waals surface area contributed by atoms with Gasteiger partial charge in [-0.1, -0.05) is 26.0 Å². The summed E-state index contributed by atoms with van der Waals surface area (Å²) in [5, 5.41) is 19.0. The van der Waals surface area contributed by atoms with Gasteiger partial charge < -0.3 is 15.9 Å². The number of aliphatic hydroxyl groups is 1. The number of rotatable bonds is 3. The summed E-state index contributed by atoms with van der Waals surface area (Å²) in [5.74, 6) is 0.492. The normalized spacial score (nSPS) is 13.2. The molecular weight excluding hydrogens is 190 g/mol. The van der Waals surface area contributed by atoms with Crippen LogP contribution < -0.4 is 5.73 Å². The molecule has 0 aliphatic carbocycles. The fraction of sp³-hybridized carbons (Fsp3) is 0.500. The summed E-state index contributed by atoms with van der Waals surface area (Å²) in [6.07, 6.45) is 0. The summed E-state index contributed by atoms with van der Waals surface area (Å²) >= 11 is 0. The van der Waals surface area contributed by atoms with E-state index in [4.69, 9.17) is 10.8 Å². The number of phenols is 1. The third kappa shape index (κ3) is 2.30. The smallest absolute Gasteiger partial charge is 0.123 e. The molecule has 0 heterocycles. The zero-order chi connectivity index (χ0) is 11.6. The van der Waals surface area contributed by atoms with Crippen molar-refractivity contribution in [1.29, 1.82) is 0 Å². The maximum atomic E-state index is 9.94. The molecule has 0 saturated heterocycles. The predicted molar refractivity (Wildman–Crippen MR) is 60.9 cm³/mol. The minimum absolute atomic E-state index is 0.156. The van der Waals surface area contributed by atoms with Gasteiger partial charge in [0.15, 0.2) is 0 Å². The lowest BCUT2D eigenvalue weighted by Gasteiger charge is -2.19. The molecule has 0 bridgehead atoms. The second kappa shape index (κ2) is 4.64. The monoisotopic (exact) mass is 209 g/mol. The van der Waals surface area contributed by atoms with E-state index in [0.717, 1.165) is 11.1 Å². The van der Waals surface area contributed by atoms with Crippen molar-refractivity contribution in [3.05, 3.63) is 28.8 Å². The second-order valence-electron chi connectivity index (χ2n) is 4.18. The highest BCUT2D eigenvalue weighted by atomic mass is 16.3. The van der Waals surface area contributed by atoms with Crippen molar-refractivity contribution in [2.24, 2.45) is 5.73 Å². The zero-order valence-corrected chi connectivity index (χ0v) is 9.49. The largest absolute Gasteiger partial charge is 0.507 e. The Bertz CT molecular complexity index is 348. The number of hydrogen-bond donors (Lipinski definition) is 3. The lowest BCUT2D eigenvalue weighted by Crippen LogP contribution is -2.17. The van der Waals surface area contributed by atoms with E-state index in [2.05, 4.69) is 0 Å². The molecule has 0 amide bonds. The maximum Gasteiger partial charge on any atom is 0.123 e. The number of nitrogens with two attached hydrogens (primary N) is 1. The van der Waals surface area contributed by atoms with Gasteiger partial charge in [0.25, 0.3) is 0 Å². The minimum atomic E-state index is -0.512. The van der Waals surface area contributed by atoms with Gasteiger partial charge in [0.2, 0.25) is 0 Å². The first kappa shape index (κ1) is 12.0. The Labute approximate surface area is 90.5 Å². The number of phenolic OH excluding ortho intramolecular Hbond substituents is 1. The quantitative estimate of drug-likeness (QED) is 0.711. The number of hydrogen-bond acceptors (Lipinski definition) is 3. The summed E-state index contributed by atoms with van der Waals surface area (Å²) < 4.78 is 0. The molecular formula is C12H19NO2. The van der Waals surface area contributed by atoms with Crippen LogP contribution in [0.2, 0.25) is 0 Å². The van der Waals surface area contributed by atoms with Gasteiger partial charge in [-0.3, -0.25) is 0 Å². The van der Waals surface area contributed by atoms with Gasteiger partial charge in [-0.2, -0.15) is 0 Å². The Morgan fingerprint density at radius 2 is 1.93 bits per heavy atom. The highest BCUT2D eigenvalue weighted by Crippen LogP contribution is 2.33. The standard InChI is InChI=1S/C12H19NO2/c1-7(2)9-5-4-8(3)12(15)11(9)10(13)6-14/h4-5,7,10,14-15H,6,13H2,1-3H3. The van der Waals surface area contributed by atoms with Crippen LogP contribution in [0, 0.1) is 6.92 Å². The Hall–Kier alpha value is -1.06. The summed E-state index contributed by atoms with van der Waals surface area (Å²) in [4.78, 5) is 0. The van der Waals surface area contributed by atoms with Gasteiger partial charge >= 0.3 is 0 Å². The Balaban J connectivity index is 3.35. The van der Waals surface area contributed by atoms with E-state index in [-0.39, 0.29) is 18.3 Å². The zero-order valence-electron chi connectivity index (χ0n) is 9.49. The van der Waals surface area contributed by atoms with Gasteiger partial charge in [-0.05, 0) is 24.0 Å². The van der Waals surface area contributed by atoms with Crippen LogP contribution in [-0.2, 0) is 0 Å². The van der Waals surface area contributed by atoms with Crippen molar-refractivity contribution in [3.8, 4) is 5.75 Å². The fourth-order valence-electron chi connectivity index (χ4n) is 1.72. The number of aryl methyl sites for hydroxylation is 1. The van der Waals surface area contributed by atoms with Crippen LogP contribution in [-0.4, -0.2) is 16.8 Å². The maximum absolute atomic E-state index is 9.94. The lowest BCUT2D eigenvalue weighted by atomic mass is 9.91. The fourth-order valence-corrected chi connectivity index (χ4v) is 1.72. The van der Waals surface area contributed by atoms with Crippen LogP contribution in [0.4, 0.5) is 0 Å².